The Morgan fingerprint density at radius 2 is 2.11 bits per heavy atom. The average Bonchev–Trinajstić information content (AvgIpc) is 2.82. The Kier molecular flexibility index (Phi) is 4.02. The number of phenolic OH excluding ortho intramolecular Hbond substituents is 1. The van der Waals surface area contributed by atoms with Crippen LogP contribution in [0.5, 0.6) is 11.5 Å². The highest BCUT2D eigenvalue weighted by atomic mass is 32.1. The summed E-state index contributed by atoms with van der Waals surface area (Å²) in [5.74, 6) is 0.201. The van der Waals surface area contributed by atoms with Crippen LogP contribution in [0.1, 0.15) is 20.1 Å². The second-order valence-electron chi connectivity index (χ2n) is 4.03. The molecule has 0 saturated heterocycles. The number of methoxy groups -OCH3 is 1. The quantitative estimate of drug-likeness (QED) is 0.683. The number of phenols is 1. The standard InChI is InChI=1S/C15H14O3S/c1-10-3-5-12(19-10)6-8-13(16)11-4-7-14(17)15(9-11)18-2/h3-9,17H,1-2H3. The largest absolute Gasteiger partial charge is 0.504 e. The third-order valence-electron chi connectivity index (χ3n) is 2.62. The first-order chi connectivity index (χ1) is 9.10. The van der Waals surface area contributed by atoms with E-state index >= 15 is 0 Å². The van der Waals surface area contributed by atoms with E-state index in [1.54, 1.807) is 23.5 Å². The predicted octanol–water partition coefficient (Wildman–Crippen LogP) is 3.67. The summed E-state index contributed by atoms with van der Waals surface area (Å²) in [4.78, 5) is 14.2. The van der Waals surface area contributed by atoms with Crippen molar-refractivity contribution in [2.24, 2.45) is 0 Å². The molecule has 0 spiro atoms. The molecule has 0 bridgehead atoms. The Balaban J connectivity index is 2.18. The zero-order valence-corrected chi connectivity index (χ0v) is 11.5. The molecule has 0 radical (unpaired) electrons. The fourth-order valence-electron chi connectivity index (χ4n) is 1.63. The Bertz CT molecular complexity index is 626. The van der Waals surface area contributed by atoms with E-state index in [2.05, 4.69) is 0 Å². The van der Waals surface area contributed by atoms with Gasteiger partial charge in [0.05, 0.1) is 7.11 Å². The van der Waals surface area contributed by atoms with Crippen molar-refractivity contribution >= 4 is 23.2 Å². The van der Waals surface area contributed by atoms with Crippen molar-refractivity contribution in [1.82, 2.24) is 0 Å². The molecule has 1 heterocycles. The van der Waals surface area contributed by atoms with Gasteiger partial charge in [0.2, 0.25) is 0 Å². The number of ether oxygens (including phenoxy) is 1. The molecule has 1 aromatic carbocycles. The maximum atomic E-state index is 12.0. The maximum Gasteiger partial charge on any atom is 0.186 e. The van der Waals surface area contributed by atoms with Gasteiger partial charge < -0.3 is 9.84 Å². The average molecular weight is 274 g/mol. The lowest BCUT2D eigenvalue weighted by Gasteiger charge is -2.04. The molecule has 2 aromatic rings. The van der Waals surface area contributed by atoms with E-state index in [1.807, 2.05) is 19.1 Å². The molecule has 1 N–H and O–H groups in total. The smallest absolute Gasteiger partial charge is 0.186 e. The molecule has 0 fully saturated rings. The van der Waals surface area contributed by atoms with E-state index < -0.39 is 0 Å². The minimum Gasteiger partial charge on any atom is -0.504 e. The van der Waals surface area contributed by atoms with Gasteiger partial charge in [-0.3, -0.25) is 4.79 Å². The van der Waals surface area contributed by atoms with E-state index in [9.17, 15) is 9.90 Å². The number of carbonyl (C=O) groups is 1. The number of ketones is 1. The van der Waals surface area contributed by atoms with Gasteiger partial charge in [-0.1, -0.05) is 0 Å². The van der Waals surface area contributed by atoms with Gasteiger partial charge >= 0.3 is 0 Å². The first-order valence-corrected chi connectivity index (χ1v) is 6.57. The molecule has 4 heteroatoms. The van der Waals surface area contributed by atoms with Crippen LogP contribution in [-0.4, -0.2) is 18.0 Å². The van der Waals surface area contributed by atoms with Crippen molar-refractivity contribution < 1.29 is 14.6 Å². The molecule has 0 saturated carbocycles. The molecule has 0 aliphatic heterocycles. The molecule has 0 unspecified atom stereocenters. The predicted molar refractivity (Wildman–Crippen MR) is 77.1 cm³/mol. The third-order valence-corrected chi connectivity index (χ3v) is 3.59. The summed E-state index contributed by atoms with van der Waals surface area (Å²) in [5, 5.41) is 9.47. The Hall–Kier alpha value is -2.07. The van der Waals surface area contributed by atoms with Gasteiger partial charge in [0.25, 0.3) is 0 Å². The number of aryl methyl sites for hydroxylation is 1. The Morgan fingerprint density at radius 1 is 1.32 bits per heavy atom. The van der Waals surface area contributed by atoms with E-state index in [-0.39, 0.29) is 11.5 Å². The van der Waals surface area contributed by atoms with Crippen LogP contribution in [0, 0.1) is 6.92 Å². The van der Waals surface area contributed by atoms with E-state index in [1.165, 1.54) is 30.2 Å². The van der Waals surface area contributed by atoms with Crippen molar-refractivity contribution in [3.8, 4) is 11.5 Å². The summed E-state index contributed by atoms with van der Waals surface area (Å²) in [6.07, 6.45) is 3.32. The highest BCUT2D eigenvalue weighted by molar-refractivity contribution is 7.12. The topological polar surface area (TPSA) is 46.5 Å². The molecule has 0 aliphatic rings. The van der Waals surface area contributed by atoms with Crippen molar-refractivity contribution in [2.75, 3.05) is 7.11 Å². The third kappa shape index (κ3) is 3.23. The SMILES string of the molecule is COc1cc(C(=O)C=Cc2ccc(C)s2)ccc1O. The number of hydrogen-bond donors (Lipinski definition) is 1. The number of thiophene rings is 1. The molecule has 19 heavy (non-hydrogen) atoms. The summed E-state index contributed by atoms with van der Waals surface area (Å²) >= 11 is 1.63. The number of rotatable bonds is 4. The van der Waals surface area contributed by atoms with E-state index in [0.717, 1.165) is 4.88 Å². The Morgan fingerprint density at radius 3 is 2.74 bits per heavy atom. The number of benzene rings is 1. The molecule has 98 valence electrons. The monoisotopic (exact) mass is 274 g/mol. The molecule has 1 aromatic heterocycles. The molecule has 0 amide bonds. The maximum absolute atomic E-state index is 12.0. The normalized spacial score (nSPS) is 10.8. The zero-order valence-electron chi connectivity index (χ0n) is 10.7. The molecule has 2 rings (SSSR count). The Labute approximate surface area is 115 Å². The van der Waals surface area contributed by atoms with Crippen LogP contribution in [0.2, 0.25) is 0 Å². The van der Waals surface area contributed by atoms with Crippen molar-refractivity contribution in [1.29, 1.82) is 0 Å². The van der Waals surface area contributed by atoms with Crippen molar-refractivity contribution in [2.45, 2.75) is 6.92 Å². The summed E-state index contributed by atoms with van der Waals surface area (Å²) in [6.45, 7) is 2.02. The summed E-state index contributed by atoms with van der Waals surface area (Å²) in [7, 11) is 1.45. The molecule has 0 aliphatic carbocycles. The first kappa shape index (κ1) is 13.4. The van der Waals surface area contributed by atoms with Crippen LogP contribution in [-0.2, 0) is 0 Å². The highest BCUT2D eigenvalue weighted by Gasteiger charge is 2.07. The molecular formula is C15H14O3S. The van der Waals surface area contributed by atoms with Crippen LogP contribution >= 0.6 is 11.3 Å². The van der Waals surface area contributed by atoms with E-state index in [4.69, 9.17) is 4.74 Å². The summed E-state index contributed by atoms with van der Waals surface area (Å²) in [6, 6.07) is 8.54. The number of aromatic hydroxyl groups is 1. The molecular weight excluding hydrogens is 260 g/mol. The lowest BCUT2D eigenvalue weighted by Crippen LogP contribution is -1.95. The van der Waals surface area contributed by atoms with Crippen LogP contribution in [0.15, 0.2) is 36.4 Å². The minimum absolute atomic E-state index is 0.0249. The van der Waals surface area contributed by atoms with Gasteiger partial charge in [-0.15, -0.1) is 11.3 Å². The summed E-state index contributed by atoms with van der Waals surface area (Å²) in [5.41, 5.74) is 0.485. The van der Waals surface area contributed by atoms with Gasteiger partial charge in [0.15, 0.2) is 17.3 Å². The molecule has 0 atom stereocenters. The highest BCUT2D eigenvalue weighted by Crippen LogP contribution is 2.26. The van der Waals surface area contributed by atoms with Crippen LogP contribution in [0.3, 0.4) is 0 Å². The number of hydrogen-bond acceptors (Lipinski definition) is 4. The number of carbonyl (C=O) groups excluding carboxylic acids is 1. The molecule has 3 nitrogen and oxygen atoms in total. The van der Waals surface area contributed by atoms with Crippen LogP contribution < -0.4 is 4.74 Å². The fourth-order valence-corrected chi connectivity index (χ4v) is 2.41. The fraction of sp³-hybridized carbons (Fsp3) is 0.133. The number of allylic oxidation sites excluding steroid dienone is 1. The summed E-state index contributed by atoms with van der Waals surface area (Å²) < 4.78 is 4.98. The first-order valence-electron chi connectivity index (χ1n) is 5.76. The van der Waals surface area contributed by atoms with Gasteiger partial charge in [0.1, 0.15) is 0 Å². The second-order valence-corrected chi connectivity index (χ2v) is 5.35. The minimum atomic E-state index is -0.121. The lowest BCUT2D eigenvalue weighted by molar-refractivity contribution is 0.104. The van der Waals surface area contributed by atoms with E-state index in [0.29, 0.717) is 11.3 Å². The lowest BCUT2D eigenvalue weighted by atomic mass is 10.1. The van der Waals surface area contributed by atoms with Gasteiger partial charge in [-0.2, -0.15) is 0 Å². The van der Waals surface area contributed by atoms with Gasteiger partial charge in [-0.05, 0) is 49.4 Å². The van der Waals surface area contributed by atoms with Crippen LogP contribution in [0.4, 0.5) is 0 Å². The second kappa shape index (κ2) is 5.71. The van der Waals surface area contributed by atoms with Crippen molar-refractivity contribution in [3.63, 3.8) is 0 Å². The van der Waals surface area contributed by atoms with Crippen LogP contribution in [0.25, 0.3) is 6.08 Å². The van der Waals surface area contributed by atoms with Gasteiger partial charge in [0, 0.05) is 15.3 Å². The van der Waals surface area contributed by atoms with Gasteiger partial charge in [-0.25, -0.2) is 0 Å². The zero-order chi connectivity index (χ0) is 13.8. The van der Waals surface area contributed by atoms with Crippen molar-refractivity contribution in [3.05, 3.63) is 51.7 Å².